The fourth-order valence-corrected chi connectivity index (χ4v) is 3.70. The average Bonchev–Trinajstić information content (AvgIpc) is 3.02. The molecule has 0 amide bonds. The highest BCUT2D eigenvalue weighted by molar-refractivity contribution is 9.10. The molecule has 4 nitrogen and oxygen atoms in total. The minimum atomic E-state index is -1.02. The van der Waals surface area contributed by atoms with Gasteiger partial charge in [-0.25, -0.2) is 4.79 Å². The number of para-hydroxylation sites is 1. The Morgan fingerprint density at radius 1 is 0.963 bits per heavy atom. The molecule has 1 N–H and O–H groups in total. The van der Waals surface area contributed by atoms with Gasteiger partial charge in [-0.3, -0.25) is 0 Å². The lowest BCUT2D eigenvalue weighted by atomic mass is 9.94. The van der Waals surface area contributed by atoms with E-state index in [4.69, 9.17) is 14.3 Å². The second kappa shape index (κ2) is 7.29. The van der Waals surface area contributed by atoms with Crippen molar-refractivity contribution in [2.75, 3.05) is 6.61 Å². The van der Waals surface area contributed by atoms with E-state index in [1.165, 1.54) is 0 Å². The van der Waals surface area contributed by atoms with Crippen LogP contribution >= 0.6 is 15.9 Å². The van der Waals surface area contributed by atoms with Crippen LogP contribution in [0.25, 0.3) is 33.2 Å². The molecule has 5 heteroatoms. The molecule has 1 aromatic heterocycles. The minimum absolute atomic E-state index is 0.391. The Morgan fingerprint density at radius 2 is 1.70 bits per heavy atom. The summed E-state index contributed by atoms with van der Waals surface area (Å²) in [7, 11) is 0. The summed E-state index contributed by atoms with van der Waals surface area (Å²) in [5, 5.41) is 9.87. The van der Waals surface area contributed by atoms with Crippen molar-refractivity contribution in [1.29, 1.82) is 0 Å². The highest BCUT2D eigenvalue weighted by Crippen LogP contribution is 2.43. The van der Waals surface area contributed by atoms with E-state index in [0.717, 1.165) is 33.2 Å². The van der Waals surface area contributed by atoms with Crippen molar-refractivity contribution in [3.63, 3.8) is 0 Å². The second-order valence-electron chi connectivity index (χ2n) is 6.00. The molecule has 0 fully saturated rings. The first-order valence-electron chi connectivity index (χ1n) is 8.35. The van der Waals surface area contributed by atoms with Gasteiger partial charge in [0.2, 0.25) is 0 Å². The maximum absolute atomic E-state index is 10.9. The Balaban J connectivity index is 1.93. The smallest absolute Gasteiger partial charge is 0.341 e. The molecule has 0 aliphatic rings. The Hall–Kier alpha value is -3.05. The van der Waals surface area contributed by atoms with Gasteiger partial charge in [0.1, 0.15) is 11.3 Å². The Bertz CT molecular complexity index is 1120. The molecular weight excluding hydrogens is 408 g/mol. The number of aliphatic carboxylic acids is 1. The number of carboxylic acid groups (broad SMARTS) is 1. The molecule has 0 atom stereocenters. The van der Waals surface area contributed by atoms with Crippen molar-refractivity contribution in [2.24, 2.45) is 0 Å². The van der Waals surface area contributed by atoms with Crippen LogP contribution < -0.4 is 4.74 Å². The van der Waals surface area contributed by atoms with Crippen molar-refractivity contribution in [1.82, 2.24) is 0 Å². The van der Waals surface area contributed by atoms with Crippen molar-refractivity contribution < 1.29 is 19.1 Å². The first-order chi connectivity index (χ1) is 13.1. The number of carboxylic acids is 1. The number of benzene rings is 3. The van der Waals surface area contributed by atoms with Gasteiger partial charge in [-0.2, -0.15) is 0 Å². The summed E-state index contributed by atoms with van der Waals surface area (Å²) in [5.41, 5.74) is 4.64. The highest BCUT2D eigenvalue weighted by Gasteiger charge is 2.18. The second-order valence-corrected chi connectivity index (χ2v) is 6.72. The van der Waals surface area contributed by atoms with E-state index in [0.29, 0.717) is 10.4 Å². The van der Waals surface area contributed by atoms with Gasteiger partial charge in [-0.15, -0.1) is 0 Å². The van der Waals surface area contributed by atoms with Crippen LogP contribution in [0.3, 0.4) is 0 Å². The molecule has 134 valence electrons. The minimum Gasteiger partial charge on any atom is -0.482 e. The summed E-state index contributed by atoms with van der Waals surface area (Å²) in [6.45, 7) is -0.391. The molecule has 3 aromatic carbocycles. The molecular formula is C22H15BrO4. The molecule has 27 heavy (non-hydrogen) atoms. The quantitative estimate of drug-likeness (QED) is 0.428. The number of rotatable bonds is 5. The zero-order valence-electron chi connectivity index (χ0n) is 14.2. The van der Waals surface area contributed by atoms with Crippen LogP contribution in [0.4, 0.5) is 0 Å². The summed E-state index contributed by atoms with van der Waals surface area (Å²) < 4.78 is 11.9. The lowest BCUT2D eigenvalue weighted by molar-refractivity contribution is -0.139. The number of ether oxygens (including phenoxy) is 1. The van der Waals surface area contributed by atoms with E-state index in [1.54, 1.807) is 6.07 Å². The zero-order chi connectivity index (χ0) is 18.8. The third-order valence-electron chi connectivity index (χ3n) is 4.26. The molecule has 0 aliphatic heterocycles. The van der Waals surface area contributed by atoms with Crippen LogP contribution in [0.15, 0.2) is 81.9 Å². The summed E-state index contributed by atoms with van der Waals surface area (Å²) >= 11 is 3.54. The predicted octanol–water partition coefficient (Wildman–Crippen LogP) is 5.99. The summed E-state index contributed by atoms with van der Waals surface area (Å²) in [5.74, 6) is -0.525. The van der Waals surface area contributed by atoms with E-state index in [-0.39, 0.29) is 0 Å². The van der Waals surface area contributed by atoms with Crippen molar-refractivity contribution >= 4 is 32.9 Å². The first-order valence-corrected chi connectivity index (χ1v) is 9.14. The summed E-state index contributed by atoms with van der Waals surface area (Å²) in [4.78, 5) is 10.9. The van der Waals surface area contributed by atoms with Gasteiger partial charge in [0.15, 0.2) is 11.3 Å². The van der Waals surface area contributed by atoms with Gasteiger partial charge in [-0.05, 0) is 50.8 Å². The average molecular weight is 423 g/mol. The largest absolute Gasteiger partial charge is 0.482 e. The van der Waals surface area contributed by atoms with Gasteiger partial charge < -0.3 is 14.3 Å². The number of fused-ring (bicyclic) bond motifs is 1. The molecule has 0 radical (unpaired) electrons. The SMILES string of the molecule is O=C(O)COc1ccc(-c2ccccc2)c(-c2c(Br)oc3ccccc23)c1. The van der Waals surface area contributed by atoms with E-state index in [2.05, 4.69) is 15.9 Å². The van der Waals surface area contributed by atoms with Crippen molar-refractivity contribution in [2.45, 2.75) is 0 Å². The third kappa shape index (κ3) is 3.46. The summed E-state index contributed by atoms with van der Waals surface area (Å²) in [6.07, 6.45) is 0. The van der Waals surface area contributed by atoms with Crippen LogP contribution in [0.5, 0.6) is 5.75 Å². The first kappa shape index (κ1) is 17.4. The lowest BCUT2D eigenvalue weighted by Gasteiger charge is -2.12. The number of furan rings is 1. The third-order valence-corrected chi connectivity index (χ3v) is 4.82. The maximum Gasteiger partial charge on any atom is 0.341 e. The number of carbonyl (C=O) groups is 1. The standard InChI is InChI=1S/C22H15BrO4/c23-22-21(17-8-4-5-9-19(17)27-22)18-12-15(26-13-20(24)25)10-11-16(18)14-6-2-1-3-7-14/h1-12H,13H2,(H,24,25). The van der Waals surface area contributed by atoms with Gasteiger partial charge in [0.25, 0.3) is 0 Å². The van der Waals surface area contributed by atoms with Gasteiger partial charge in [-0.1, -0.05) is 54.6 Å². The fraction of sp³-hybridized carbons (Fsp3) is 0.0455. The molecule has 0 unspecified atom stereocenters. The van der Waals surface area contributed by atoms with Crippen LogP contribution in [0.2, 0.25) is 0 Å². The topological polar surface area (TPSA) is 59.7 Å². The number of hydrogen-bond donors (Lipinski definition) is 1. The molecule has 0 saturated heterocycles. The van der Waals surface area contributed by atoms with Crippen molar-refractivity contribution in [3.8, 4) is 28.0 Å². The van der Waals surface area contributed by atoms with Crippen LogP contribution in [-0.2, 0) is 4.79 Å². The molecule has 0 saturated carbocycles. The maximum atomic E-state index is 10.9. The molecule has 0 spiro atoms. The van der Waals surface area contributed by atoms with Gasteiger partial charge >= 0.3 is 5.97 Å². The molecule has 4 aromatic rings. The van der Waals surface area contributed by atoms with Crippen LogP contribution in [0, 0.1) is 0 Å². The molecule has 0 aliphatic carbocycles. The number of hydrogen-bond acceptors (Lipinski definition) is 3. The van der Waals surface area contributed by atoms with Crippen LogP contribution in [-0.4, -0.2) is 17.7 Å². The molecule has 4 rings (SSSR count). The van der Waals surface area contributed by atoms with Gasteiger partial charge in [0, 0.05) is 10.9 Å². The van der Waals surface area contributed by atoms with Crippen molar-refractivity contribution in [3.05, 3.63) is 77.5 Å². The Labute approximate surface area is 164 Å². The lowest BCUT2D eigenvalue weighted by Crippen LogP contribution is -2.09. The molecule has 1 heterocycles. The van der Waals surface area contributed by atoms with E-state index < -0.39 is 12.6 Å². The molecule has 0 bridgehead atoms. The number of halogens is 1. The Kier molecular flexibility index (Phi) is 4.69. The summed E-state index contributed by atoms with van der Waals surface area (Å²) in [6, 6.07) is 23.4. The van der Waals surface area contributed by atoms with E-state index in [1.807, 2.05) is 66.7 Å². The van der Waals surface area contributed by atoms with E-state index >= 15 is 0 Å². The van der Waals surface area contributed by atoms with Gasteiger partial charge in [0.05, 0.1) is 0 Å². The monoisotopic (exact) mass is 422 g/mol. The Morgan fingerprint density at radius 3 is 2.48 bits per heavy atom. The normalized spacial score (nSPS) is 10.9. The van der Waals surface area contributed by atoms with Crippen LogP contribution in [0.1, 0.15) is 0 Å². The zero-order valence-corrected chi connectivity index (χ0v) is 15.8. The highest BCUT2D eigenvalue weighted by atomic mass is 79.9. The predicted molar refractivity (Wildman–Crippen MR) is 108 cm³/mol. The fourth-order valence-electron chi connectivity index (χ4n) is 3.10. The van der Waals surface area contributed by atoms with E-state index in [9.17, 15) is 4.79 Å².